The van der Waals surface area contributed by atoms with Gasteiger partial charge in [0.2, 0.25) is 0 Å². The molecule has 0 spiro atoms. The fourth-order valence-electron chi connectivity index (χ4n) is 2.61. The topological polar surface area (TPSA) is 35.8 Å². The van der Waals surface area contributed by atoms with Gasteiger partial charge in [-0.15, -0.1) is 0 Å². The molecule has 1 fully saturated rings. The van der Waals surface area contributed by atoms with Crippen molar-refractivity contribution in [3.63, 3.8) is 0 Å². The molecule has 0 unspecified atom stereocenters. The van der Waals surface area contributed by atoms with Crippen LogP contribution in [0.15, 0.2) is 24.3 Å². The highest BCUT2D eigenvalue weighted by Crippen LogP contribution is 2.35. The van der Waals surface area contributed by atoms with Crippen LogP contribution in [0.25, 0.3) is 0 Å². The second-order valence-electron chi connectivity index (χ2n) is 6.63. The maximum absolute atomic E-state index is 9.12. The molecule has 0 amide bonds. The van der Waals surface area contributed by atoms with E-state index in [1.54, 1.807) is 0 Å². The summed E-state index contributed by atoms with van der Waals surface area (Å²) >= 11 is 0. The van der Waals surface area contributed by atoms with Crippen molar-refractivity contribution in [2.24, 2.45) is 11.8 Å². The molecule has 2 heteroatoms. The molecule has 0 saturated heterocycles. The molecule has 0 heterocycles. The van der Waals surface area contributed by atoms with Crippen LogP contribution in [0.2, 0.25) is 0 Å². The van der Waals surface area contributed by atoms with Crippen LogP contribution < -0.4 is 5.32 Å². The Balaban J connectivity index is 1.92. The second-order valence-corrected chi connectivity index (χ2v) is 6.63. The van der Waals surface area contributed by atoms with Crippen molar-refractivity contribution in [1.29, 1.82) is 5.26 Å². The Bertz CT molecular complexity index is 459. The summed E-state index contributed by atoms with van der Waals surface area (Å²) in [5, 5.41) is 12.7. The van der Waals surface area contributed by atoms with Crippen LogP contribution in [-0.2, 0) is 5.41 Å². The van der Waals surface area contributed by atoms with Crippen LogP contribution in [0.1, 0.15) is 46.1 Å². The Hall–Kier alpha value is -1.49. The Labute approximate surface area is 116 Å². The SMILES string of the molecule is CC(C)C1CC(Nc2ccc(C(C)(C)C#N)cc2)C1. The Morgan fingerprint density at radius 2 is 1.79 bits per heavy atom. The Morgan fingerprint density at radius 1 is 1.21 bits per heavy atom. The van der Waals surface area contributed by atoms with Crippen molar-refractivity contribution < 1.29 is 0 Å². The van der Waals surface area contributed by atoms with Crippen molar-refractivity contribution in [3.05, 3.63) is 29.8 Å². The van der Waals surface area contributed by atoms with Gasteiger partial charge in [-0.2, -0.15) is 5.26 Å². The minimum atomic E-state index is -0.405. The quantitative estimate of drug-likeness (QED) is 0.870. The predicted octanol–water partition coefficient (Wildman–Crippen LogP) is 4.33. The minimum absolute atomic E-state index is 0.405. The van der Waals surface area contributed by atoms with Gasteiger partial charge in [0.1, 0.15) is 0 Å². The van der Waals surface area contributed by atoms with Gasteiger partial charge < -0.3 is 5.32 Å². The first-order chi connectivity index (χ1) is 8.92. The van der Waals surface area contributed by atoms with Crippen molar-refractivity contribution in [1.82, 2.24) is 0 Å². The predicted molar refractivity (Wildman–Crippen MR) is 80.1 cm³/mol. The van der Waals surface area contributed by atoms with E-state index < -0.39 is 5.41 Å². The molecule has 1 N–H and O–H groups in total. The maximum atomic E-state index is 9.12. The average Bonchev–Trinajstić information content (AvgIpc) is 2.33. The molecule has 19 heavy (non-hydrogen) atoms. The number of nitriles is 1. The summed E-state index contributed by atoms with van der Waals surface area (Å²) in [6.07, 6.45) is 2.56. The number of hydrogen-bond donors (Lipinski definition) is 1. The van der Waals surface area contributed by atoms with E-state index in [1.165, 1.54) is 18.5 Å². The number of benzene rings is 1. The first-order valence-corrected chi connectivity index (χ1v) is 7.20. The summed E-state index contributed by atoms with van der Waals surface area (Å²) < 4.78 is 0. The van der Waals surface area contributed by atoms with E-state index in [4.69, 9.17) is 5.26 Å². The maximum Gasteiger partial charge on any atom is 0.0766 e. The van der Waals surface area contributed by atoms with Gasteiger partial charge in [-0.3, -0.25) is 0 Å². The number of nitrogens with one attached hydrogen (secondary N) is 1. The fourth-order valence-corrected chi connectivity index (χ4v) is 2.61. The third-order valence-electron chi connectivity index (χ3n) is 4.37. The molecule has 0 radical (unpaired) electrons. The van der Waals surface area contributed by atoms with Crippen LogP contribution in [-0.4, -0.2) is 6.04 Å². The highest BCUT2D eigenvalue weighted by Gasteiger charge is 2.30. The summed E-state index contributed by atoms with van der Waals surface area (Å²) in [7, 11) is 0. The number of hydrogen-bond acceptors (Lipinski definition) is 2. The van der Waals surface area contributed by atoms with Gasteiger partial charge >= 0.3 is 0 Å². The van der Waals surface area contributed by atoms with Crippen LogP contribution in [0.4, 0.5) is 5.69 Å². The van der Waals surface area contributed by atoms with E-state index in [9.17, 15) is 0 Å². The molecule has 0 aliphatic heterocycles. The van der Waals surface area contributed by atoms with Gasteiger partial charge in [0.05, 0.1) is 11.5 Å². The molecule has 2 rings (SSSR count). The molecule has 2 nitrogen and oxygen atoms in total. The van der Waals surface area contributed by atoms with Gasteiger partial charge in [-0.05, 0) is 56.2 Å². The lowest BCUT2D eigenvalue weighted by molar-refractivity contribution is 0.212. The van der Waals surface area contributed by atoms with Gasteiger partial charge in [0.15, 0.2) is 0 Å². The van der Waals surface area contributed by atoms with Crippen molar-refractivity contribution >= 4 is 5.69 Å². The van der Waals surface area contributed by atoms with Gasteiger partial charge in [0, 0.05) is 11.7 Å². The van der Waals surface area contributed by atoms with Crippen LogP contribution in [0.5, 0.6) is 0 Å². The number of nitrogens with zero attached hydrogens (tertiary/aromatic N) is 1. The first-order valence-electron chi connectivity index (χ1n) is 7.20. The van der Waals surface area contributed by atoms with E-state index in [0.717, 1.165) is 17.4 Å². The lowest BCUT2D eigenvalue weighted by Gasteiger charge is -2.39. The van der Waals surface area contributed by atoms with Crippen LogP contribution in [0.3, 0.4) is 0 Å². The zero-order valence-corrected chi connectivity index (χ0v) is 12.4. The molecular formula is C17H24N2. The molecule has 0 atom stereocenters. The summed E-state index contributed by atoms with van der Waals surface area (Å²) in [6, 6.07) is 11.3. The molecule has 0 bridgehead atoms. The summed E-state index contributed by atoms with van der Waals surface area (Å²) in [6.45, 7) is 8.52. The van der Waals surface area contributed by atoms with Gasteiger partial charge in [-0.1, -0.05) is 26.0 Å². The Kier molecular flexibility index (Phi) is 3.85. The molecule has 1 aliphatic carbocycles. The number of anilines is 1. The van der Waals surface area contributed by atoms with E-state index in [1.807, 2.05) is 13.8 Å². The molecule has 1 aliphatic rings. The van der Waals surface area contributed by atoms with Crippen molar-refractivity contribution in [2.45, 2.75) is 52.0 Å². The fraction of sp³-hybridized carbons (Fsp3) is 0.588. The monoisotopic (exact) mass is 256 g/mol. The molecule has 0 aromatic heterocycles. The molecule has 102 valence electrons. The zero-order chi connectivity index (χ0) is 14.0. The lowest BCUT2D eigenvalue weighted by atomic mass is 9.73. The van der Waals surface area contributed by atoms with Crippen LogP contribution in [0, 0.1) is 23.2 Å². The van der Waals surface area contributed by atoms with Gasteiger partial charge in [0.25, 0.3) is 0 Å². The Morgan fingerprint density at radius 3 is 2.26 bits per heavy atom. The minimum Gasteiger partial charge on any atom is -0.382 e. The average molecular weight is 256 g/mol. The molecule has 1 aromatic carbocycles. The molecule has 1 saturated carbocycles. The standard InChI is InChI=1S/C17H24N2/c1-12(2)13-9-16(10-13)19-15-7-5-14(6-8-15)17(3,4)11-18/h5-8,12-13,16,19H,9-10H2,1-4H3. The highest BCUT2D eigenvalue weighted by molar-refractivity contribution is 5.48. The van der Waals surface area contributed by atoms with E-state index in [-0.39, 0.29) is 0 Å². The number of rotatable bonds is 4. The lowest BCUT2D eigenvalue weighted by Crippen LogP contribution is -2.37. The summed E-state index contributed by atoms with van der Waals surface area (Å²) in [5.41, 5.74) is 1.84. The first kappa shape index (κ1) is 13.9. The smallest absolute Gasteiger partial charge is 0.0766 e. The highest BCUT2D eigenvalue weighted by atomic mass is 14.9. The third-order valence-corrected chi connectivity index (χ3v) is 4.37. The normalized spacial score (nSPS) is 22.7. The third kappa shape index (κ3) is 3.10. The zero-order valence-electron chi connectivity index (χ0n) is 12.4. The van der Waals surface area contributed by atoms with Crippen molar-refractivity contribution in [2.75, 3.05) is 5.32 Å². The van der Waals surface area contributed by atoms with Crippen molar-refractivity contribution in [3.8, 4) is 6.07 Å². The van der Waals surface area contributed by atoms with E-state index in [2.05, 4.69) is 49.5 Å². The molecule has 1 aromatic rings. The van der Waals surface area contributed by atoms with Gasteiger partial charge in [-0.25, -0.2) is 0 Å². The molecular weight excluding hydrogens is 232 g/mol. The largest absolute Gasteiger partial charge is 0.382 e. The summed E-state index contributed by atoms with van der Waals surface area (Å²) in [4.78, 5) is 0. The summed E-state index contributed by atoms with van der Waals surface area (Å²) in [5.74, 6) is 1.69. The van der Waals surface area contributed by atoms with E-state index in [0.29, 0.717) is 6.04 Å². The van der Waals surface area contributed by atoms with E-state index >= 15 is 0 Å². The van der Waals surface area contributed by atoms with Crippen LogP contribution >= 0.6 is 0 Å². The second kappa shape index (κ2) is 5.25.